The first-order valence-electron chi connectivity index (χ1n) is 34.5. The first kappa shape index (κ1) is 79.7. The third kappa shape index (κ3) is 32.9. The van der Waals surface area contributed by atoms with Gasteiger partial charge in [-0.05, 0) is 77.0 Å². The number of aliphatic hydroxyl groups is 11. The first-order valence-corrected chi connectivity index (χ1v) is 34.5. The van der Waals surface area contributed by atoms with Crippen molar-refractivity contribution >= 4 is 5.91 Å². The molecule has 3 rings (SSSR count). The molecule has 0 aromatic carbocycles. The number of hydrogen-bond acceptors (Lipinski definition) is 18. The third-order valence-electron chi connectivity index (χ3n) is 17.0. The van der Waals surface area contributed by atoms with Gasteiger partial charge in [-0.3, -0.25) is 4.79 Å². The molecular formula is C69H123NO18. The van der Waals surface area contributed by atoms with E-state index in [2.05, 4.69) is 67.8 Å². The SMILES string of the molecule is CCCCC/C=C\C/C=C\CCCCCCCCCCCC(=O)NC(COC1OC(CO)C(OC2OC(CO)C(OC3OC(CO)C(O)C(O)C3O)C(O)C2O)C(O)C1O)C(O)/C=C/CC/C=C/CC/C=C/CCCCCCCCCCCCCCCC. The molecule has 19 nitrogen and oxygen atoms in total. The Kier molecular flexibility index (Phi) is 46.2. The van der Waals surface area contributed by atoms with Gasteiger partial charge in [-0.15, -0.1) is 0 Å². The monoisotopic (exact) mass is 1250 g/mol. The standard InChI is InChI=1S/C69H123NO18/c1-3-5-7-9-11-13-15-17-19-21-23-24-25-26-27-29-30-32-34-36-38-40-42-44-46-53(74)52(70-57(75)47-45-43-41-39-37-35-33-31-28-22-20-18-16-14-12-10-8-6-4-2)51-83-67-63(81)60(78)65(55(49-72)85-67)88-69-64(82)61(79)66(56(50-73)86-69)87-68-62(80)59(77)58(76)54(48-71)84-68/h12,14,18,20,29-30,36,38,44,46,52-56,58-69,71-74,76-82H,3-11,13,15-17,19,21-28,31-35,37,39-43,45,47-51H2,1-2H3,(H,70,75)/b14-12-,20-18-,30-29+,38-36+,46-44+. The van der Waals surface area contributed by atoms with Crippen LogP contribution in [0.4, 0.5) is 0 Å². The van der Waals surface area contributed by atoms with Gasteiger partial charge in [0.15, 0.2) is 18.9 Å². The molecule has 3 fully saturated rings. The zero-order valence-corrected chi connectivity index (χ0v) is 53.9. The number of carbonyl (C=O) groups excluding carboxylic acids is 1. The van der Waals surface area contributed by atoms with Crippen LogP contribution in [0.15, 0.2) is 60.8 Å². The highest BCUT2D eigenvalue weighted by Gasteiger charge is 2.53. The molecule has 19 heteroatoms. The van der Waals surface area contributed by atoms with E-state index in [-0.39, 0.29) is 18.9 Å². The zero-order valence-electron chi connectivity index (χ0n) is 53.9. The fraction of sp³-hybridized carbons (Fsp3) is 0.841. The van der Waals surface area contributed by atoms with Crippen molar-refractivity contribution in [2.75, 3.05) is 26.4 Å². The largest absolute Gasteiger partial charge is 0.394 e. The third-order valence-corrected chi connectivity index (χ3v) is 17.0. The molecule has 0 saturated carbocycles. The summed E-state index contributed by atoms with van der Waals surface area (Å²) in [7, 11) is 0. The number of allylic oxidation sites excluding steroid dienone is 9. The van der Waals surface area contributed by atoms with Crippen LogP contribution in [0.5, 0.6) is 0 Å². The molecule has 0 aromatic rings. The van der Waals surface area contributed by atoms with E-state index in [1.54, 1.807) is 6.08 Å². The molecule has 0 radical (unpaired) electrons. The highest BCUT2D eigenvalue weighted by molar-refractivity contribution is 5.76. The minimum absolute atomic E-state index is 0.225. The fourth-order valence-electron chi connectivity index (χ4n) is 11.4. The van der Waals surface area contributed by atoms with E-state index in [0.717, 1.165) is 64.2 Å². The minimum Gasteiger partial charge on any atom is -0.394 e. The van der Waals surface area contributed by atoms with Gasteiger partial charge < -0.3 is 89.9 Å². The Balaban J connectivity index is 1.47. The molecule has 512 valence electrons. The average molecular weight is 1250 g/mol. The van der Waals surface area contributed by atoms with Gasteiger partial charge in [0.1, 0.15) is 73.2 Å². The molecule has 17 unspecified atom stereocenters. The van der Waals surface area contributed by atoms with Crippen molar-refractivity contribution in [2.24, 2.45) is 0 Å². The van der Waals surface area contributed by atoms with Crippen LogP contribution < -0.4 is 5.32 Å². The smallest absolute Gasteiger partial charge is 0.220 e. The van der Waals surface area contributed by atoms with Crippen LogP contribution in [0, 0.1) is 0 Å². The number of carbonyl (C=O) groups is 1. The summed E-state index contributed by atoms with van der Waals surface area (Å²) < 4.78 is 34.3. The highest BCUT2D eigenvalue weighted by atomic mass is 16.8. The lowest BCUT2D eigenvalue weighted by atomic mass is 9.96. The van der Waals surface area contributed by atoms with E-state index in [1.807, 2.05) is 6.08 Å². The molecule has 17 atom stereocenters. The van der Waals surface area contributed by atoms with Gasteiger partial charge in [0, 0.05) is 6.42 Å². The Morgan fingerprint density at radius 1 is 0.409 bits per heavy atom. The van der Waals surface area contributed by atoms with Crippen molar-refractivity contribution in [3.8, 4) is 0 Å². The number of rotatable bonds is 52. The molecule has 3 aliphatic heterocycles. The van der Waals surface area contributed by atoms with Crippen molar-refractivity contribution in [2.45, 2.75) is 343 Å². The lowest BCUT2D eigenvalue weighted by Gasteiger charge is -2.48. The number of unbranched alkanes of at least 4 members (excludes halogenated alkanes) is 28. The number of hydrogen-bond donors (Lipinski definition) is 12. The Morgan fingerprint density at radius 2 is 0.761 bits per heavy atom. The Hall–Kier alpha value is -2.51. The molecule has 3 heterocycles. The van der Waals surface area contributed by atoms with Crippen molar-refractivity contribution in [1.29, 1.82) is 0 Å². The van der Waals surface area contributed by atoms with E-state index in [9.17, 15) is 61.0 Å². The minimum atomic E-state index is -1.98. The van der Waals surface area contributed by atoms with E-state index < -0.39 is 124 Å². The number of amides is 1. The Morgan fingerprint density at radius 3 is 1.23 bits per heavy atom. The van der Waals surface area contributed by atoms with Crippen LogP contribution in [0.2, 0.25) is 0 Å². The molecule has 3 aliphatic rings. The number of nitrogens with one attached hydrogen (secondary N) is 1. The second-order valence-electron chi connectivity index (χ2n) is 24.6. The van der Waals surface area contributed by atoms with Crippen molar-refractivity contribution < 1.29 is 89.4 Å². The van der Waals surface area contributed by atoms with Crippen LogP contribution in [0.1, 0.15) is 239 Å². The second-order valence-corrected chi connectivity index (χ2v) is 24.6. The molecule has 3 saturated heterocycles. The van der Waals surface area contributed by atoms with Crippen molar-refractivity contribution in [3.05, 3.63) is 60.8 Å². The van der Waals surface area contributed by atoms with Crippen LogP contribution in [0.3, 0.4) is 0 Å². The summed E-state index contributed by atoms with van der Waals surface area (Å²) in [5.74, 6) is -0.295. The molecular weight excluding hydrogens is 1130 g/mol. The molecule has 0 aromatic heterocycles. The quantitative estimate of drug-likeness (QED) is 0.0200. The fourth-order valence-corrected chi connectivity index (χ4v) is 11.4. The van der Waals surface area contributed by atoms with Gasteiger partial charge in [0.05, 0.1) is 38.6 Å². The molecule has 0 bridgehead atoms. The second kappa shape index (κ2) is 51.0. The van der Waals surface area contributed by atoms with E-state index >= 15 is 0 Å². The zero-order chi connectivity index (χ0) is 64.0. The maximum absolute atomic E-state index is 13.4. The van der Waals surface area contributed by atoms with E-state index in [0.29, 0.717) is 12.8 Å². The maximum Gasteiger partial charge on any atom is 0.220 e. The summed E-state index contributed by atoms with van der Waals surface area (Å²) >= 11 is 0. The summed E-state index contributed by atoms with van der Waals surface area (Å²) in [6, 6.07) is -1.00. The molecule has 0 aliphatic carbocycles. The first-order chi connectivity index (χ1) is 42.8. The summed E-state index contributed by atoms with van der Waals surface area (Å²) in [5.41, 5.74) is 0. The summed E-state index contributed by atoms with van der Waals surface area (Å²) in [6.45, 7) is 1.69. The van der Waals surface area contributed by atoms with E-state index in [4.69, 9.17) is 28.4 Å². The van der Waals surface area contributed by atoms with Gasteiger partial charge in [-0.25, -0.2) is 0 Å². The van der Waals surface area contributed by atoms with Gasteiger partial charge >= 0.3 is 0 Å². The van der Waals surface area contributed by atoms with Gasteiger partial charge in [-0.1, -0.05) is 216 Å². The normalized spacial score (nSPS) is 28.8. The van der Waals surface area contributed by atoms with Crippen molar-refractivity contribution in [3.63, 3.8) is 0 Å². The predicted octanol–water partition coefficient (Wildman–Crippen LogP) is 8.77. The average Bonchev–Trinajstić information content (AvgIpc) is 3.71. The Bertz CT molecular complexity index is 1830. The topological polar surface area (TPSA) is 307 Å². The van der Waals surface area contributed by atoms with Crippen LogP contribution >= 0.6 is 0 Å². The highest BCUT2D eigenvalue weighted by Crippen LogP contribution is 2.33. The molecule has 1 amide bonds. The molecule has 12 N–H and O–H groups in total. The predicted molar refractivity (Wildman–Crippen MR) is 342 cm³/mol. The van der Waals surface area contributed by atoms with Crippen LogP contribution in [-0.4, -0.2) is 193 Å². The number of ether oxygens (including phenoxy) is 6. The summed E-state index contributed by atoms with van der Waals surface area (Å²) in [5, 5.41) is 120. The van der Waals surface area contributed by atoms with Crippen molar-refractivity contribution in [1.82, 2.24) is 5.32 Å². The van der Waals surface area contributed by atoms with Gasteiger partial charge in [0.2, 0.25) is 5.91 Å². The van der Waals surface area contributed by atoms with E-state index in [1.165, 1.54) is 141 Å². The molecule has 0 spiro atoms. The maximum atomic E-state index is 13.4. The van der Waals surface area contributed by atoms with Crippen LogP contribution in [0.25, 0.3) is 0 Å². The van der Waals surface area contributed by atoms with Crippen LogP contribution in [-0.2, 0) is 33.2 Å². The number of aliphatic hydroxyl groups excluding tert-OH is 11. The summed E-state index contributed by atoms with van der Waals surface area (Å²) in [6.07, 6.45) is 34.8. The molecule has 88 heavy (non-hydrogen) atoms. The lowest BCUT2D eigenvalue weighted by Crippen LogP contribution is -2.66. The summed E-state index contributed by atoms with van der Waals surface area (Å²) in [4.78, 5) is 13.4. The van der Waals surface area contributed by atoms with Gasteiger partial charge in [-0.2, -0.15) is 0 Å². The Labute approximate surface area is 528 Å². The van der Waals surface area contributed by atoms with Gasteiger partial charge in [0.25, 0.3) is 0 Å². The lowest BCUT2D eigenvalue weighted by molar-refractivity contribution is -0.379.